The zero-order valence-electron chi connectivity index (χ0n) is 15.3. The average molecular weight is 377 g/mol. The van der Waals surface area contributed by atoms with Crippen molar-refractivity contribution < 1.29 is 9.53 Å². The van der Waals surface area contributed by atoms with E-state index in [0.717, 1.165) is 18.5 Å². The molecule has 1 amide bonds. The van der Waals surface area contributed by atoms with Gasteiger partial charge in [-0.15, -0.1) is 0 Å². The molecular formula is C19H19N7O2. The predicted octanol–water partition coefficient (Wildman–Crippen LogP) is 2.93. The van der Waals surface area contributed by atoms with Crippen LogP contribution < -0.4 is 15.4 Å². The molecule has 0 aromatic carbocycles. The number of rotatable bonds is 7. The van der Waals surface area contributed by atoms with Crippen LogP contribution in [0.15, 0.2) is 43.2 Å². The lowest BCUT2D eigenvalue weighted by Crippen LogP contribution is -2.18. The molecule has 1 saturated carbocycles. The second-order valence-electron chi connectivity index (χ2n) is 6.29. The lowest BCUT2D eigenvalue weighted by molar-refractivity contribution is 0.102. The van der Waals surface area contributed by atoms with Gasteiger partial charge in [0.2, 0.25) is 5.88 Å². The molecule has 3 aromatic heterocycles. The number of carbonyl (C=O) groups excluding carboxylic acids is 1. The van der Waals surface area contributed by atoms with E-state index in [0.29, 0.717) is 35.6 Å². The summed E-state index contributed by atoms with van der Waals surface area (Å²) in [4.78, 5) is 33.9. The van der Waals surface area contributed by atoms with E-state index >= 15 is 0 Å². The van der Waals surface area contributed by atoms with Gasteiger partial charge < -0.3 is 15.4 Å². The Labute approximate surface area is 161 Å². The van der Waals surface area contributed by atoms with Crippen LogP contribution in [-0.2, 0) is 0 Å². The molecule has 0 atom stereocenters. The molecule has 0 saturated heterocycles. The SMILES string of the molecule is CCOc1cc(NC(=O)c2nc(C3CC3)cnc2Nc2cncnc2)ccn1. The Kier molecular flexibility index (Phi) is 5.05. The fourth-order valence-corrected chi connectivity index (χ4v) is 2.63. The van der Waals surface area contributed by atoms with Crippen LogP contribution >= 0.6 is 0 Å². The molecule has 0 spiro atoms. The molecule has 0 aliphatic heterocycles. The summed E-state index contributed by atoms with van der Waals surface area (Å²) >= 11 is 0. The van der Waals surface area contributed by atoms with Gasteiger partial charge in [-0.25, -0.2) is 24.9 Å². The number of nitrogens with zero attached hydrogens (tertiary/aromatic N) is 5. The normalized spacial score (nSPS) is 13.0. The summed E-state index contributed by atoms with van der Waals surface area (Å²) in [7, 11) is 0. The topological polar surface area (TPSA) is 115 Å². The van der Waals surface area contributed by atoms with E-state index in [1.807, 2.05) is 6.92 Å². The van der Waals surface area contributed by atoms with E-state index in [4.69, 9.17) is 4.74 Å². The van der Waals surface area contributed by atoms with Crippen molar-refractivity contribution in [1.82, 2.24) is 24.9 Å². The molecule has 28 heavy (non-hydrogen) atoms. The van der Waals surface area contributed by atoms with Crippen molar-refractivity contribution in [2.24, 2.45) is 0 Å². The van der Waals surface area contributed by atoms with Gasteiger partial charge in [-0.05, 0) is 25.8 Å². The molecule has 1 aliphatic rings. The maximum absolute atomic E-state index is 12.9. The first-order valence-corrected chi connectivity index (χ1v) is 9.02. The maximum Gasteiger partial charge on any atom is 0.278 e. The lowest BCUT2D eigenvalue weighted by atomic mass is 10.2. The number of anilines is 3. The van der Waals surface area contributed by atoms with Gasteiger partial charge in [0.1, 0.15) is 6.33 Å². The number of ether oxygens (including phenoxy) is 1. The van der Waals surface area contributed by atoms with Crippen LogP contribution in [0.1, 0.15) is 41.9 Å². The Morgan fingerprint density at radius 2 is 2.00 bits per heavy atom. The lowest BCUT2D eigenvalue weighted by Gasteiger charge is -2.12. The Morgan fingerprint density at radius 1 is 1.18 bits per heavy atom. The van der Waals surface area contributed by atoms with Gasteiger partial charge in [-0.2, -0.15) is 0 Å². The number of carbonyl (C=O) groups is 1. The third-order valence-electron chi connectivity index (χ3n) is 4.11. The molecule has 9 heteroatoms. The van der Waals surface area contributed by atoms with E-state index in [1.54, 1.807) is 36.9 Å². The fourth-order valence-electron chi connectivity index (χ4n) is 2.63. The van der Waals surface area contributed by atoms with Crippen molar-refractivity contribution >= 4 is 23.1 Å². The Balaban J connectivity index is 1.61. The summed E-state index contributed by atoms with van der Waals surface area (Å²) < 4.78 is 5.38. The first kappa shape index (κ1) is 17.8. The minimum Gasteiger partial charge on any atom is -0.478 e. The van der Waals surface area contributed by atoms with Gasteiger partial charge in [-0.3, -0.25) is 4.79 Å². The number of nitrogens with one attached hydrogen (secondary N) is 2. The number of pyridine rings is 1. The number of amides is 1. The second kappa shape index (κ2) is 7.95. The van der Waals surface area contributed by atoms with Crippen LogP contribution in [0.5, 0.6) is 5.88 Å². The molecule has 142 valence electrons. The summed E-state index contributed by atoms with van der Waals surface area (Å²) in [5.41, 5.74) is 2.22. The van der Waals surface area contributed by atoms with E-state index in [9.17, 15) is 4.79 Å². The summed E-state index contributed by atoms with van der Waals surface area (Å²) in [6.45, 7) is 2.36. The zero-order valence-corrected chi connectivity index (χ0v) is 15.3. The minimum atomic E-state index is -0.372. The highest BCUT2D eigenvalue weighted by Crippen LogP contribution is 2.39. The third-order valence-corrected chi connectivity index (χ3v) is 4.11. The van der Waals surface area contributed by atoms with E-state index in [2.05, 4.69) is 35.6 Å². The van der Waals surface area contributed by atoms with Crippen molar-refractivity contribution in [3.8, 4) is 5.88 Å². The van der Waals surface area contributed by atoms with Gasteiger partial charge in [-0.1, -0.05) is 0 Å². The summed E-state index contributed by atoms with van der Waals surface area (Å²) in [6, 6.07) is 3.36. The molecule has 1 aliphatic carbocycles. The van der Waals surface area contributed by atoms with Crippen LogP contribution in [0.4, 0.5) is 17.2 Å². The molecular weight excluding hydrogens is 358 g/mol. The summed E-state index contributed by atoms with van der Waals surface area (Å²) in [5, 5.41) is 5.90. The smallest absolute Gasteiger partial charge is 0.278 e. The van der Waals surface area contributed by atoms with Crippen molar-refractivity contribution in [3.05, 3.63) is 54.6 Å². The highest BCUT2D eigenvalue weighted by molar-refractivity contribution is 6.06. The Bertz CT molecular complexity index is 977. The summed E-state index contributed by atoms with van der Waals surface area (Å²) in [6.07, 6.45) is 10.0. The van der Waals surface area contributed by atoms with Gasteiger partial charge in [0, 0.05) is 23.9 Å². The molecule has 3 heterocycles. The first-order chi connectivity index (χ1) is 13.7. The molecule has 0 bridgehead atoms. The predicted molar refractivity (Wildman–Crippen MR) is 103 cm³/mol. The Morgan fingerprint density at radius 3 is 2.75 bits per heavy atom. The maximum atomic E-state index is 12.9. The first-order valence-electron chi connectivity index (χ1n) is 9.02. The highest BCUT2D eigenvalue weighted by Gasteiger charge is 2.27. The quantitative estimate of drug-likeness (QED) is 0.646. The van der Waals surface area contributed by atoms with E-state index in [-0.39, 0.29) is 11.6 Å². The van der Waals surface area contributed by atoms with Crippen molar-refractivity contribution in [1.29, 1.82) is 0 Å². The van der Waals surface area contributed by atoms with Crippen LogP contribution in [0.3, 0.4) is 0 Å². The highest BCUT2D eigenvalue weighted by atomic mass is 16.5. The molecule has 1 fully saturated rings. The van der Waals surface area contributed by atoms with Crippen LogP contribution in [0.25, 0.3) is 0 Å². The number of aromatic nitrogens is 5. The van der Waals surface area contributed by atoms with Crippen LogP contribution in [0.2, 0.25) is 0 Å². The van der Waals surface area contributed by atoms with Gasteiger partial charge in [0.25, 0.3) is 5.91 Å². The molecule has 4 rings (SSSR count). The van der Waals surface area contributed by atoms with E-state index < -0.39 is 0 Å². The van der Waals surface area contributed by atoms with Crippen LogP contribution in [-0.4, -0.2) is 37.4 Å². The van der Waals surface area contributed by atoms with Gasteiger partial charge in [0.15, 0.2) is 11.5 Å². The molecule has 9 nitrogen and oxygen atoms in total. The van der Waals surface area contributed by atoms with Crippen molar-refractivity contribution in [2.75, 3.05) is 17.2 Å². The molecule has 0 radical (unpaired) electrons. The average Bonchev–Trinajstić information content (AvgIpc) is 3.55. The van der Waals surface area contributed by atoms with Crippen LogP contribution in [0, 0.1) is 0 Å². The summed E-state index contributed by atoms with van der Waals surface area (Å²) in [5.74, 6) is 0.787. The van der Waals surface area contributed by atoms with Gasteiger partial charge >= 0.3 is 0 Å². The molecule has 0 unspecified atom stereocenters. The number of hydrogen-bond acceptors (Lipinski definition) is 8. The second-order valence-corrected chi connectivity index (χ2v) is 6.29. The van der Waals surface area contributed by atoms with Gasteiger partial charge in [0.05, 0.1) is 36.6 Å². The zero-order chi connectivity index (χ0) is 19.3. The number of hydrogen-bond donors (Lipinski definition) is 2. The third kappa shape index (κ3) is 4.20. The van der Waals surface area contributed by atoms with Crippen molar-refractivity contribution in [2.45, 2.75) is 25.7 Å². The fraction of sp³-hybridized carbons (Fsp3) is 0.263. The van der Waals surface area contributed by atoms with E-state index in [1.165, 1.54) is 6.33 Å². The standard InChI is InChI=1S/C19H19N7O2/c1-2-28-16-7-13(5-6-22-16)25-19(27)17-18(24-14-8-20-11-21-9-14)23-10-15(26-17)12-3-4-12/h5-12H,2-4H2,1H3,(H,23,24)(H,22,25,27). The monoisotopic (exact) mass is 377 g/mol. The Hall–Kier alpha value is -3.62. The minimum absolute atomic E-state index is 0.211. The van der Waals surface area contributed by atoms with Crippen molar-refractivity contribution in [3.63, 3.8) is 0 Å². The largest absolute Gasteiger partial charge is 0.478 e. The molecule has 3 aromatic rings. The molecule has 2 N–H and O–H groups in total.